The second kappa shape index (κ2) is 6.17. The second-order valence-electron chi connectivity index (χ2n) is 6.79. The van der Waals surface area contributed by atoms with Gasteiger partial charge in [0.05, 0.1) is 0 Å². The first-order valence-electron chi connectivity index (χ1n) is 8.46. The van der Waals surface area contributed by atoms with Crippen LogP contribution >= 0.6 is 11.6 Å². The summed E-state index contributed by atoms with van der Waals surface area (Å²) >= 11 is 6.02. The Morgan fingerprint density at radius 1 is 1.17 bits per heavy atom. The zero-order valence-electron chi connectivity index (χ0n) is 13.6. The summed E-state index contributed by atoms with van der Waals surface area (Å²) in [5, 5.41) is 0.678. The molecule has 1 aromatic heterocycles. The number of carbonyl (C=O) groups is 1. The van der Waals surface area contributed by atoms with E-state index >= 15 is 0 Å². The van der Waals surface area contributed by atoms with Gasteiger partial charge in [0.15, 0.2) is 5.82 Å². The van der Waals surface area contributed by atoms with E-state index in [0.29, 0.717) is 22.7 Å². The number of hydrogen-bond donors (Lipinski definition) is 0. The SMILES string of the molecule is CN(C(=O)C1[C@H]2CCC[C@@H]12)[C@H](c1ccc(Cl)cc1)c1ncccn1. The number of hydrogen-bond acceptors (Lipinski definition) is 3. The molecule has 2 aliphatic rings. The number of aromatic nitrogens is 2. The molecule has 5 heteroatoms. The summed E-state index contributed by atoms with van der Waals surface area (Å²) in [6, 6.07) is 9.09. The van der Waals surface area contributed by atoms with E-state index < -0.39 is 0 Å². The molecule has 1 aromatic carbocycles. The number of fused-ring (bicyclic) bond motifs is 1. The average molecular weight is 342 g/mol. The van der Waals surface area contributed by atoms with E-state index in [1.807, 2.05) is 36.2 Å². The molecule has 124 valence electrons. The molecule has 4 nitrogen and oxygen atoms in total. The lowest BCUT2D eigenvalue weighted by Gasteiger charge is -2.28. The molecule has 2 fully saturated rings. The highest BCUT2D eigenvalue weighted by atomic mass is 35.5. The minimum absolute atomic E-state index is 0.197. The Hall–Kier alpha value is -1.94. The Kier molecular flexibility index (Phi) is 4.01. The highest BCUT2D eigenvalue weighted by molar-refractivity contribution is 6.30. The van der Waals surface area contributed by atoms with E-state index in [0.717, 1.165) is 5.56 Å². The summed E-state index contributed by atoms with van der Waals surface area (Å²) in [5.74, 6) is 2.26. The van der Waals surface area contributed by atoms with Crippen molar-refractivity contribution in [2.75, 3.05) is 7.05 Å². The highest BCUT2D eigenvalue weighted by Gasteiger charge is 2.57. The van der Waals surface area contributed by atoms with Crippen molar-refractivity contribution in [3.8, 4) is 0 Å². The molecule has 0 radical (unpaired) electrons. The predicted octanol–water partition coefficient (Wildman–Crippen LogP) is 3.72. The molecule has 4 rings (SSSR count). The number of rotatable bonds is 4. The van der Waals surface area contributed by atoms with E-state index in [-0.39, 0.29) is 17.9 Å². The maximum atomic E-state index is 13.0. The lowest BCUT2D eigenvalue weighted by molar-refractivity contribution is -0.133. The number of nitrogens with zero attached hydrogens (tertiary/aromatic N) is 3. The molecule has 0 aliphatic heterocycles. The van der Waals surface area contributed by atoms with Crippen LogP contribution in [0.5, 0.6) is 0 Å². The first-order chi connectivity index (χ1) is 11.7. The molecule has 0 bridgehead atoms. The van der Waals surface area contributed by atoms with Gasteiger partial charge in [-0.3, -0.25) is 4.79 Å². The molecule has 1 amide bonds. The molecule has 0 saturated heterocycles. The Bertz CT molecular complexity index is 724. The molecule has 0 N–H and O–H groups in total. The monoisotopic (exact) mass is 341 g/mol. The summed E-state index contributed by atoms with van der Waals surface area (Å²) in [5.41, 5.74) is 0.979. The normalized spacial score (nSPS) is 25.8. The minimum Gasteiger partial charge on any atom is -0.331 e. The van der Waals surface area contributed by atoms with Crippen LogP contribution in [0.1, 0.15) is 36.7 Å². The Morgan fingerprint density at radius 2 is 1.79 bits per heavy atom. The maximum Gasteiger partial charge on any atom is 0.226 e. The van der Waals surface area contributed by atoms with Gasteiger partial charge >= 0.3 is 0 Å². The van der Waals surface area contributed by atoms with Crippen molar-refractivity contribution in [1.29, 1.82) is 0 Å². The smallest absolute Gasteiger partial charge is 0.226 e. The number of carbonyl (C=O) groups excluding carboxylic acids is 1. The van der Waals surface area contributed by atoms with Gasteiger partial charge in [0, 0.05) is 30.4 Å². The maximum absolute atomic E-state index is 13.0. The third kappa shape index (κ3) is 2.69. The van der Waals surface area contributed by atoms with Crippen molar-refractivity contribution in [2.24, 2.45) is 17.8 Å². The topological polar surface area (TPSA) is 46.1 Å². The van der Waals surface area contributed by atoms with E-state index in [1.54, 1.807) is 18.5 Å². The molecule has 1 heterocycles. The van der Waals surface area contributed by atoms with Crippen molar-refractivity contribution in [2.45, 2.75) is 25.3 Å². The zero-order valence-corrected chi connectivity index (χ0v) is 14.4. The van der Waals surface area contributed by atoms with Gasteiger partial charge in [0.1, 0.15) is 6.04 Å². The van der Waals surface area contributed by atoms with Gasteiger partial charge < -0.3 is 4.90 Å². The first kappa shape index (κ1) is 15.6. The Morgan fingerprint density at radius 3 is 2.42 bits per heavy atom. The van der Waals surface area contributed by atoms with Crippen molar-refractivity contribution >= 4 is 17.5 Å². The summed E-state index contributed by atoms with van der Waals surface area (Å²) in [6.07, 6.45) is 7.10. The van der Waals surface area contributed by atoms with Crippen LogP contribution in [0.15, 0.2) is 42.7 Å². The molecule has 4 atom stereocenters. The van der Waals surface area contributed by atoms with Crippen LogP contribution in [-0.4, -0.2) is 27.8 Å². The van der Waals surface area contributed by atoms with Gasteiger partial charge in [-0.2, -0.15) is 0 Å². The van der Waals surface area contributed by atoms with Gasteiger partial charge in [-0.05, 0) is 48.4 Å². The van der Waals surface area contributed by atoms with Gasteiger partial charge in [0.25, 0.3) is 0 Å². The summed E-state index contributed by atoms with van der Waals surface area (Å²) in [7, 11) is 1.87. The van der Waals surface area contributed by atoms with E-state index in [9.17, 15) is 4.79 Å². The predicted molar refractivity (Wildman–Crippen MR) is 92.4 cm³/mol. The molecular weight excluding hydrogens is 322 g/mol. The Labute approximate surface area is 146 Å². The first-order valence-corrected chi connectivity index (χ1v) is 8.83. The van der Waals surface area contributed by atoms with E-state index in [2.05, 4.69) is 9.97 Å². The molecular formula is C19H20ClN3O. The van der Waals surface area contributed by atoms with Gasteiger partial charge in [-0.1, -0.05) is 30.2 Å². The van der Waals surface area contributed by atoms with E-state index in [4.69, 9.17) is 11.6 Å². The number of benzene rings is 1. The van der Waals surface area contributed by atoms with Crippen LogP contribution in [0.4, 0.5) is 0 Å². The fraction of sp³-hybridized carbons (Fsp3) is 0.421. The van der Waals surface area contributed by atoms with Crippen molar-refractivity contribution in [3.05, 3.63) is 59.1 Å². The minimum atomic E-state index is -0.280. The van der Waals surface area contributed by atoms with Gasteiger partial charge in [-0.25, -0.2) is 9.97 Å². The molecule has 24 heavy (non-hydrogen) atoms. The fourth-order valence-electron chi connectivity index (χ4n) is 4.19. The van der Waals surface area contributed by atoms with Crippen molar-refractivity contribution in [3.63, 3.8) is 0 Å². The van der Waals surface area contributed by atoms with Crippen LogP contribution in [0, 0.1) is 17.8 Å². The van der Waals surface area contributed by atoms with Crippen LogP contribution in [-0.2, 0) is 4.79 Å². The van der Waals surface area contributed by atoms with Crippen LogP contribution < -0.4 is 0 Å². The third-order valence-electron chi connectivity index (χ3n) is 5.44. The lowest BCUT2D eigenvalue weighted by atomic mass is 10.0. The molecule has 2 aromatic rings. The standard InChI is InChI=1S/C19H20ClN3O/c1-23(19(24)16-14-4-2-5-15(14)16)17(18-21-10-3-11-22-18)12-6-8-13(20)9-7-12/h3,6-11,14-17H,2,4-5H2,1H3/t14-,15+,16?,17-/m1/s1. The average Bonchev–Trinajstić information content (AvgIpc) is 3.08. The Balaban J connectivity index is 1.64. The molecule has 1 unspecified atom stereocenters. The number of halogens is 1. The summed E-state index contributed by atoms with van der Waals surface area (Å²) < 4.78 is 0. The fourth-order valence-corrected chi connectivity index (χ4v) is 4.32. The number of amides is 1. The van der Waals surface area contributed by atoms with E-state index in [1.165, 1.54) is 19.3 Å². The zero-order chi connectivity index (χ0) is 16.7. The summed E-state index contributed by atoms with van der Waals surface area (Å²) in [6.45, 7) is 0. The van der Waals surface area contributed by atoms with Crippen LogP contribution in [0.25, 0.3) is 0 Å². The highest BCUT2D eigenvalue weighted by Crippen LogP contribution is 2.58. The summed E-state index contributed by atoms with van der Waals surface area (Å²) in [4.78, 5) is 23.6. The quantitative estimate of drug-likeness (QED) is 0.851. The van der Waals surface area contributed by atoms with Crippen LogP contribution in [0.3, 0.4) is 0 Å². The third-order valence-corrected chi connectivity index (χ3v) is 5.69. The van der Waals surface area contributed by atoms with Crippen molar-refractivity contribution < 1.29 is 4.79 Å². The largest absolute Gasteiger partial charge is 0.331 e. The second-order valence-corrected chi connectivity index (χ2v) is 7.23. The van der Waals surface area contributed by atoms with Crippen LogP contribution in [0.2, 0.25) is 5.02 Å². The molecule has 2 aliphatic carbocycles. The van der Waals surface area contributed by atoms with Gasteiger partial charge in [0.2, 0.25) is 5.91 Å². The van der Waals surface area contributed by atoms with Gasteiger partial charge in [-0.15, -0.1) is 0 Å². The lowest BCUT2D eigenvalue weighted by Crippen LogP contribution is -2.35. The molecule has 2 saturated carbocycles. The van der Waals surface area contributed by atoms with Crippen molar-refractivity contribution in [1.82, 2.24) is 14.9 Å². The molecule has 0 spiro atoms.